The van der Waals surface area contributed by atoms with Crippen LogP contribution in [0, 0.1) is 10.1 Å². The standard InChI is InChI=1S/C34H39NO3/c1-33(2,3)27-15-21-8-10-23-19-29(35(36)37)20-24(32(23)38-7)11-9-22-16-28(34(4,5)6)18-26-14-25(17-27)30(21)12-13-31(22)26/h12-13,15-20H,8-11,14H2,1-7H3. The molecular formula is C34H39NO3. The Balaban J connectivity index is 1.80. The average molecular weight is 510 g/mol. The van der Waals surface area contributed by atoms with Gasteiger partial charge in [-0.15, -0.1) is 0 Å². The maximum atomic E-state index is 11.9. The minimum absolute atomic E-state index is 0.0167. The summed E-state index contributed by atoms with van der Waals surface area (Å²) in [7, 11) is 1.68. The van der Waals surface area contributed by atoms with E-state index in [2.05, 4.69) is 78.0 Å². The monoisotopic (exact) mass is 509 g/mol. The molecule has 3 aromatic rings. The molecule has 2 aliphatic carbocycles. The first-order valence-electron chi connectivity index (χ1n) is 13.7. The average Bonchev–Trinajstić information content (AvgIpc) is 3.02. The second-order valence-corrected chi connectivity index (χ2v) is 13.0. The van der Waals surface area contributed by atoms with E-state index in [1.54, 1.807) is 19.2 Å². The van der Waals surface area contributed by atoms with Crippen LogP contribution in [0.3, 0.4) is 0 Å². The van der Waals surface area contributed by atoms with E-state index in [0.29, 0.717) is 12.8 Å². The van der Waals surface area contributed by atoms with Crippen molar-refractivity contribution in [1.82, 2.24) is 0 Å². The van der Waals surface area contributed by atoms with Crippen molar-refractivity contribution in [3.63, 3.8) is 0 Å². The van der Waals surface area contributed by atoms with E-state index < -0.39 is 0 Å². The number of aryl methyl sites for hydroxylation is 4. The zero-order chi connectivity index (χ0) is 27.4. The van der Waals surface area contributed by atoms with Gasteiger partial charge in [0.15, 0.2) is 0 Å². The van der Waals surface area contributed by atoms with Gasteiger partial charge in [-0.2, -0.15) is 0 Å². The summed E-state index contributed by atoms with van der Waals surface area (Å²) in [5.74, 6) is 0.794. The van der Waals surface area contributed by atoms with Gasteiger partial charge in [0.1, 0.15) is 5.75 Å². The van der Waals surface area contributed by atoms with Gasteiger partial charge in [-0.3, -0.25) is 10.1 Å². The molecule has 198 valence electrons. The zero-order valence-electron chi connectivity index (χ0n) is 23.8. The van der Waals surface area contributed by atoms with Crippen molar-refractivity contribution in [2.24, 2.45) is 0 Å². The van der Waals surface area contributed by atoms with Crippen molar-refractivity contribution < 1.29 is 9.66 Å². The SMILES string of the molecule is COc1c2cc([N+](=O)[O-])cc1CCc1cc(C(C)(C)C)cc3c1C=Cc1c(cc(C(C)(C)C)cc1C3)CC2. The first-order chi connectivity index (χ1) is 17.8. The summed E-state index contributed by atoms with van der Waals surface area (Å²) in [4.78, 5) is 11.6. The van der Waals surface area contributed by atoms with Crippen molar-refractivity contribution in [3.05, 3.63) is 102 Å². The molecule has 0 N–H and O–H groups in total. The molecule has 0 fully saturated rings. The van der Waals surface area contributed by atoms with Crippen LogP contribution in [-0.4, -0.2) is 12.0 Å². The van der Waals surface area contributed by atoms with Crippen LogP contribution in [0.2, 0.25) is 0 Å². The van der Waals surface area contributed by atoms with Crippen LogP contribution >= 0.6 is 0 Å². The molecule has 0 radical (unpaired) electrons. The van der Waals surface area contributed by atoms with Crippen LogP contribution in [0.1, 0.15) is 97.2 Å². The summed E-state index contributed by atoms with van der Waals surface area (Å²) in [6.07, 6.45) is 8.51. The Kier molecular flexibility index (Phi) is 6.49. The zero-order valence-corrected chi connectivity index (χ0v) is 23.8. The van der Waals surface area contributed by atoms with Crippen LogP contribution in [-0.2, 0) is 42.9 Å². The topological polar surface area (TPSA) is 52.4 Å². The molecule has 4 bridgehead atoms. The Bertz CT molecular complexity index is 1370. The molecule has 38 heavy (non-hydrogen) atoms. The molecule has 0 unspecified atom stereocenters. The number of rotatable bonds is 2. The first kappa shape index (κ1) is 26.2. The molecule has 4 heteroatoms. The van der Waals surface area contributed by atoms with Gasteiger partial charge < -0.3 is 4.74 Å². The molecule has 5 rings (SSSR count). The lowest BCUT2D eigenvalue weighted by Gasteiger charge is -2.25. The maximum Gasteiger partial charge on any atom is 0.270 e. The van der Waals surface area contributed by atoms with Crippen molar-refractivity contribution in [2.75, 3.05) is 7.11 Å². The van der Waals surface area contributed by atoms with Gasteiger partial charge in [0.2, 0.25) is 0 Å². The number of benzene rings is 3. The Morgan fingerprint density at radius 3 is 1.42 bits per heavy atom. The molecule has 0 atom stereocenters. The minimum atomic E-state index is -0.275. The molecule has 0 saturated carbocycles. The molecule has 0 saturated heterocycles. The molecule has 0 aromatic heterocycles. The lowest BCUT2D eigenvalue weighted by Crippen LogP contribution is -2.15. The number of non-ortho nitro benzene ring substituents is 1. The smallest absolute Gasteiger partial charge is 0.270 e. The fourth-order valence-electron chi connectivity index (χ4n) is 5.94. The van der Waals surface area contributed by atoms with Gasteiger partial charge in [-0.25, -0.2) is 0 Å². The molecule has 3 aromatic carbocycles. The number of fused-ring (bicyclic) bond motifs is 2. The van der Waals surface area contributed by atoms with E-state index in [1.807, 2.05) is 0 Å². The maximum absolute atomic E-state index is 11.9. The third kappa shape index (κ3) is 4.89. The second kappa shape index (κ2) is 9.41. The predicted molar refractivity (Wildman–Crippen MR) is 156 cm³/mol. The molecule has 2 aliphatic rings. The summed E-state index contributed by atoms with van der Waals surface area (Å²) in [6, 6.07) is 12.9. The summed E-state index contributed by atoms with van der Waals surface area (Å²) < 4.78 is 5.92. The van der Waals surface area contributed by atoms with Crippen LogP contribution in [0.15, 0.2) is 36.4 Å². The summed E-state index contributed by atoms with van der Waals surface area (Å²) in [5, 5.41) is 11.9. The predicted octanol–water partition coefficient (Wildman–Crippen LogP) is 8.16. The van der Waals surface area contributed by atoms with Gasteiger partial charge in [-0.1, -0.05) is 78.0 Å². The second-order valence-electron chi connectivity index (χ2n) is 13.0. The van der Waals surface area contributed by atoms with Crippen LogP contribution < -0.4 is 4.74 Å². The Hall–Kier alpha value is -3.40. The van der Waals surface area contributed by atoms with Gasteiger partial charge in [0, 0.05) is 23.3 Å². The lowest BCUT2D eigenvalue weighted by molar-refractivity contribution is -0.385. The van der Waals surface area contributed by atoms with E-state index in [-0.39, 0.29) is 21.4 Å². The van der Waals surface area contributed by atoms with Crippen LogP contribution in [0.4, 0.5) is 5.69 Å². The molecule has 4 nitrogen and oxygen atoms in total. The van der Waals surface area contributed by atoms with Gasteiger partial charge in [0.25, 0.3) is 5.69 Å². The number of methoxy groups -OCH3 is 1. The van der Waals surface area contributed by atoms with E-state index in [1.165, 1.54) is 44.5 Å². The molecule has 0 heterocycles. The number of ether oxygens (including phenoxy) is 1. The van der Waals surface area contributed by atoms with Crippen molar-refractivity contribution in [3.8, 4) is 5.75 Å². The fourth-order valence-corrected chi connectivity index (χ4v) is 5.94. The molecule has 0 spiro atoms. The van der Waals surface area contributed by atoms with Crippen LogP contribution in [0.25, 0.3) is 12.2 Å². The highest BCUT2D eigenvalue weighted by atomic mass is 16.6. The number of nitrogens with zero attached hydrogens (tertiary/aromatic N) is 1. The largest absolute Gasteiger partial charge is 0.496 e. The van der Waals surface area contributed by atoms with E-state index >= 15 is 0 Å². The quantitative estimate of drug-likeness (QED) is 0.202. The van der Waals surface area contributed by atoms with E-state index in [9.17, 15) is 10.1 Å². The number of hydrogen-bond donors (Lipinski definition) is 0. The van der Waals surface area contributed by atoms with Gasteiger partial charge >= 0.3 is 0 Å². The Morgan fingerprint density at radius 1 is 0.658 bits per heavy atom. The van der Waals surface area contributed by atoms with E-state index in [0.717, 1.165) is 36.1 Å². The number of nitro benzene ring substituents is 1. The summed E-state index contributed by atoms with van der Waals surface area (Å²) in [6.45, 7) is 13.6. The first-order valence-corrected chi connectivity index (χ1v) is 13.7. The Labute approximate surface area is 226 Å². The summed E-state index contributed by atoms with van der Waals surface area (Å²) in [5.41, 5.74) is 12.6. The third-order valence-corrected chi connectivity index (χ3v) is 8.20. The highest BCUT2D eigenvalue weighted by Gasteiger charge is 2.25. The minimum Gasteiger partial charge on any atom is -0.496 e. The van der Waals surface area contributed by atoms with Gasteiger partial charge in [-0.05, 0) is 87.4 Å². The third-order valence-electron chi connectivity index (χ3n) is 8.20. The molecule has 0 aliphatic heterocycles. The molecular weight excluding hydrogens is 470 g/mol. The highest BCUT2D eigenvalue weighted by molar-refractivity contribution is 5.79. The van der Waals surface area contributed by atoms with Crippen molar-refractivity contribution in [2.45, 2.75) is 84.5 Å². The normalized spacial score (nSPS) is 14.8. The number of hydrogen-bond acceptors (Lipinski definition) is 3. The number of nitro groups is 1. The highest BCUT2D eigenvalue weighted by Crippen LogP contribution is 2.39. The fraction of sp³-hybridized carbons (Fsp3) is 0.412. The van der Waals surface area contributed by atoms with Crippen molar-refractivity contribution in [1.29, 1.82) is 0 Å². The van der Waals surface area contributed by atoms with Crippen LogP contribution in [0.5, 0.6) is 5.75 Å². The Morgan fingerprint density at radius 2 is 1.05 bits per heavy atom. The van der Waals surface area contributed by atoms with Gasteiger partial charge in [0.05, 0.1) is 12.0 Å². The lowest BCUT2D eigenvalue weighted by atomic mass is 9.80. The van der Waals surface area contributed by atoms with Crippen molar-refractivity contribution >= 4 is 17.8 Å². The summed E-state index contributed by atoms with van der Waals surface area (Å²) >= 11 is 0. The molecule has 0 amide bonds. The van der Waals surface area contributed by atoms with E-state index in [4.69, 9.17) is 4.74 Å².